The molecular formula is C21H25N5O. The molecule has 0 bridgehead atoms. The molecule has 3 aromatic rings. The van der Waals surface area contributed by atoms with Gasteiger partial charge in [0.25, 0.3) is 5.91 Å². The predicted octanol–water partition coefficient (Wildman–Crippen LogP) is 3.59. The van der Waals surface area contributed by atoms with E-state index in [-0.39, 0.29) is 11.9 Å². The molecule has 2 aromatic heterocycles. The van der Waals surface area contributed by atoms with Crippen LogP contribution < -0.4 is 10.6 Å². The number of nitrogens with zero attached hydrogens (tertiary/aromatic N) is 2. The van der Waals surface area contributed by atoms with Gasteiger partial charge >= 0.3 is 0 Å². The van der Waals surface area contributed by atoms with Gasteiger partial charge in [0.2, 0.25) is 0 Å². The zero-order chi connectivity index (χ0) is 18.6. The van der Waals surface area contributed by atoms with Crippen LogP contribution in [0.2, 0.25) is 0 Å². The molecule has 1 saturated carbocycles. The zero-order valence-electron chi connectivity index (χ0n) is 15.6. The van der Waals surface area contributed by atoms with Gasteiger partial charge in [-0.25, -0.2) is 9.97 Å². The summed E-state index contributed by atoms with van der Waals surface area (Å²) in [6.07, 6.45) is 7.43. The van der Waals surface area contributed by atoms with Crippen LogP contribution in [-0.4, -0.2) is 33.4 Å². The second-order valence-electron chi connectivity index (χ2n) is 7.18. The quantitative estimate of drug-likeness (QED) is 0.625. The zero-order valence-corrected chi connectivity index (χ0v) is 15.6. The fraction of sp³-hybridized carbons (Fsp3) is 0.381. The highest BCUT2D eigenvalue weighted by Crippen LogP contribution is 2.19. The number of carbonyl (C=O) groups excluding carboxylic acids is 1. The fourth-order valence-corrected chi connectivity index (χ4v) is 3.77. The van der Waals surface area contributed by atoms with E-state index in [0.717, 1.165) is 31.3 Å². The number of fused-ring (bicyclic) bond motifs is 1. The Morgan fingerprint density at radius 2 is 2.04 bits per heavy atom. The highest BCUT2D eigenvalue weighted by molar-refractivity contribution is 5.93. The van der Waals surface area contributed by atoms with Crippen molar-refractivity contribution < 1.29 is 4.79 Å². The number of nitrogens with one attached hydrogen (secondary N) is 3. The van der Waals surface area contributed by atoms with Crippen molar-refractivity contribution in [1.29, 1.82) is 0 Å². The minimum absolute atomic E-state index is 0.105. The summed E-state index contributed by atoms with van der Waals surface area (Å²) in [6.45, 7) is 2.55. The lowest BCUT2D eigenvalue weighted by Crippen LogP contribution is -2.33. The number of para-hydroxylation sites is 1. The van der Waals surface area contributed by atoms with E-state index < -0.39 is 0 Å². The Balaban J connectivity index is 1.39. The molecule has 0 spiro atoms. The summed E-state index contributed by atoms with van der Waals surface area (Å²) >= 11 is 0. The molecule has 1 aliphatic carbocycles. The molecule has 3 N–H and O–H groups in total. The van der Waals surface area contributed by atoms with Crippen LogP contribution in [0.1, 0.15) is 47.6 Å². The van der Waals surface area contributed by atoms with E-state index in [4.69, 9.17) is 0 Å². The second-order valence-corrected chi connectivity index (χ2v) is 7.18. The lowest BCUT2D eigenvalue weighted by Gasteiger charge is -2.12. The normalized spacial score (nSPS) is 14.6. The molecule has 0 saturated heterocycles. The Morgan fingerprint density at radius 1 is 1.22 bits per heavy atom. The average Bonchev–Trinajstić information content (AvgIpc) is 3.31. The number of hydrogen-bond acceptors (Lipinski definition) is 4. The maximum absolute atomic E-state index is 12.5. The van der Waals surface area contributed by atoms with Crippen LogP contribution in [0, 0.1) is 6.92 Å². The first kappa shape index (κ1) is 17.5. The molecule has 6 nitrogen and oxygen atoms in total. The van der Waals surface area contributed by atoms with Gasteiger partial charge in [-0.1, -0.05) is 31.0 Å². The van der Waals surface area contributed by atoms with Crippen LogP contribution in [0.5, 0.6) is 0 Å². The molecule has 1 fully saturated rings. The van der Waals surface area contributed by atoms with Crippen molar-refractivity contribution >= 4 is 22.6 Å². The molecule has 0 atom stereocenters. The summed E-state index contributed by atoms with van der Waals surface area (Å²) < 4.78 is 0. The number of aryl methyl sites for hydroxylation is 1. The minimum atomic E-state index is -0.105. The van der Waals surface area contributed by atoms with Crippen LogP contribution in [0.3, 0.4) is 0 Å². The molecule has 1 aliphatic rings. The van der Waals surface area contributed by atoms with Gasteiger partial charge in [0.05, 0.1) is 0 Å². The maximum atomic E-state index is 12.5. The Morgan fingerprint density at radius 3 is 2.89 bits per heavy atom. The summed E-state index contributed by atoms with van der Waals surface area (Å²) in [5.41, 5.74) is 2.85. The summed E-state index contributed by atoms with van der Waals surface area (Å²) in [4.78, 5) is 24.5. The standard InChI is InChI=1S/C21H25N5O/c1-14-24-19(21(27)26-16-6-2-3-7-16)12-20(25-14)22-11-10-15-13-23-18-9-5-4-8-17(15)18/h4-5,8-9,12-13,16,23H,2-3,6-7,10-11H2,1H3,(H,26,27)(H,22,24,25). The van der Waals surface area contributed by atoms with Gasteiger partial charge < -0.3 is 15.6 Å². The predicted molar refractivity (Wildman–Crippen MR) is 107 cm³/mol. The van der Waals surface area contributed by atoms with Crippen molar-refractivity contribution in [3.8, 4) is 0 Å². The van der Waals surface area contributed by atoms with E-state index in [9.17, 15) is 4.79 Å². The molecule has 2 heterocycles. The van der Waals surface area contributed by atoms with Crippen molar-refractivity contribution in [2.75, 3.05) is 11.9 Å². The fourth-order valence-electron chi connectivity index (χ4n) is 3.77. The molecule has 27 heavy (non-hydrogen) atoms. The second kappa shape index (κ2) is 7.78. The van der Waals surface area contributed by atoms with E-state index in [1.165, 1.54) is 23.8 Å². The van der Waals surface area contributed by atoms with E-state index in [2.05, 4.69) is 50.0 Å². The summed E-state index contributed by atoms with van der Waals surface area (Å²) in [6, 6.07) is 10.3. The largest absolute Gasteiger partial charge is 0.370 e. The third-order valence-electron chi connectivity index (χ3n) is 5.14. The number of amides is 1. The van der Waals surface area contributed by atoms with Gasteiger partial charge in [0.15, 0.2) is 0 Å². The van der Waals surface area contributed by atoms with Gasteiger partial charge in [-0.3, -0.25) is 4.79 Å². The van der Waals surface area contributed by atoms with Gasteiger partial charge in [-0.2, -0.15) is 0 Å². The summed E-state index contributed by atoms with van der Waals surface area (Å²) in [7, 11) is 0. The molecule has 0 aliphatic heterocycles. The number of H-pyrrole nitrogens is 1. The first-order valence-electron chi connectivity index (χ1n) is 9.64. The van der Waals surface area contributed by atoms with E-state index in [1.807, 2.05) is 13.0 Å². The number of anilines is 1. The number of benzene rings is 1. The van der Waals surface area contributed by atoms with Gasteiger partial charge in [0, 0.05) is 35.8 Å². The summed E-state index contributed by atoms with van der Waals surface area (Å²) in [5, 5.41) is 7.66. The van der Waals surface area contributed by atoms with Crippen LogP contribution in [0.4, 0.5) is 5.82 Å². The number of aromatic nitrogens is 3. The first-order valence-corrected chi connectivity index (χ1v) is 9.64. The van der Waals surface area contributed by atoms with Crippen LogP contribution in [-0.2, 0) is 6.42 Å². The van der Waals surface area contributed by atoms with Crippen molar-refractivity contribution in [2.24, 2.45) is 0 Å². The molecule has 1 aromatic carbocycles. The minimum Gasteiger partial charge on any atom is -0.370 e. The van der Waals surface area contributed by atoms with Gasteiger partial charge in [-0.05, 0) is 37.8 Å². The monoisotopic (exact) mass is 363 g/mol. The van der Waals surface area contributed by atoms with Crippen LogP contribution in [0.25, 0.3) is 10.9 Å². The molecular weight excluding hydrogens is 338 g/mol. The summed E-state index contributed by atoms with van der Waals surface area (Å²) in [5.74, 6) is 1.19. The van der Waals surface area contributed by atoms with Gasteiger partial charge in [-0.15, -0.1) is 0 Å². The highest BCUT2D eigenvalue weighted by Gasteiger charge is 2.19. The number of hydrogen-bond donors (Lipinski definition) is 3. The number of carbonyl (C=O) groups is 1. The first-order chi connectivity index (χ1) is 13.2. The molecule has 6 heteroatoms. The average molecular weight is 363 g/mol. The lowest BCUT2D eigenvalue weighted by molar-refractivity contribution is 0.0932. The Kier molecular flexibility index (Phi) is 5.05. The van der Waals surface area contributed by atoms with Crippen molar-refractivity contribution in [2.45, 2.75) is 45.1 Å². The number of rotatable bonds is 6. The molecule has 1 amide bonds. The third kappa shape index (κ3) is 4.10. The SMILES string of the molecule is Cc1nc(NCCc2c[nH]c3ccccc23)cc(C(=O)NC2CCCC2)n1. The Hall–Kier alpha value is -2.89. The van der Waals surface area contributed by atoms with Crippen molar-refractivity contribution in [1.82, 2.24) is 20.3 Å². The molecule has 4 rings (SSSR count). The maximum Gasteiger partial charge on any atom is 0.270 e. The van der Waals surface area contributed by atoms with E-state index >= 15 is 0 Å². The van der Waals surface area contributed by atoms with E-state index in [0.29, 0.717) is 17.3 Å². The molecule has 0 unspecified atom stereocenters. The van der Waals surface area contributed by atoms with Crippen molar-refractivity contribution in [3.63, 3.8) is 0 Å². The number of aromatic amines is 1. The highest BCUT2D eigenvalue weighted by atomic mass is 16.1. The molecule has 140 valence electrons. The van der Waals surface area contributed by atoms with Crippen molar-refractivity contribution in [3.05, 3.63) is 53.6 Å². The smallest absolute Gasteiger partial charge is 0.270 e. The van der Waals surface area contributed by atoms with Gasteiger partial charge in [0.1, 0.15) is 17.3 Å². The Bertz CT molecular complexity index is 943. The van der Waals surface area contributed by atoms with Crippen LogP contribution in [0.15, 0.2) is 36.5 Å². The third-order valence-corrected chi connectivity index (χ3v) is 5.14. The lowest BCUT2D eigenvalue weighted by atomic mass is 10.1. The van der Waals surface area contributed by atoms with E-state index in [1.54, 1.807) is 6.07 Å². The topological polar surface area (TPSA) is 82.7 Å². The van der Waals surface area contributed by atoms with Crippen LogP contribution >= 0.6 is 0 Å². The molecule has 0 radical (unpaired) electrons. The Labute approximate surface area is 158 Å².